The van der Waals surface area contributed by atoms with E-state index >= 15 is 0 Å². The lowest BCUT2D eigenvalue weighted by Crippen LogP contribution is -2.19. The third-order valence-corrected chi connectivity index (χ3v) is 10.3. The molecule has 0 aliphatic carbocycles. The average Bonchev–Trinajstić information content (AvgIpc) is 3.27. The molecule has 4 nitrogen and oxygen atoms in total. The monoisotopic (exact) mass is 740 g/mol. The highest BCUT2D eigenvalue weighted by Gasteiger charge is 2.24. The fourth-order valence-corrected chi connectivity index (χ4v) is 7.06. The molecule has 0 spiro atoms. The van der Waals surface area contributed by atoms with Crippen LogP contribution in [-0.4, -0.2) is 11.9 Å². The molecular weight excluding hydrogens is 701 g/mol. The van der Waals surface area contributed by atoms with Crippen molar-refractivity contribution in [3.63, 3.8) is 0 Å². The summed E-state index contributed by atoms with van der Waals surface area (Å²) in [6.07, 6.45) is 0. The zero-order valence-electron chi connectivity index (χ0n) is 31.8. The predicted molar refractivity (Wildman–Crippen MR) is 230 cm³/mol. The van der Waals surface area contributed by atoms with E-state index in [0.29, 0.717) is 22.6 Å². The van der Waals surface area contributed by atoms with Crippen molar-refractivity contribution in [1.29, 1.82) is 0 Å². The van der Waals surface area contributed by atoms with Crippen molar-refractivity contribution in [2.45, 2.75) is 19.3 Å². The molecule has 0 fully saturated rings. The molecule has 0 saturated heterocycles. The van der Waals surface area contributed by atoms with Crippen molar-refractivity contribution in [3.8, 4) is 56.0 Å². The molecule has 276 valence electrons. The van der Waals surface area contributed by atoms with E-state index in [1.807, 2.05) is 194 Å². The highest BCUT2D eigenvalue weighted by atomic mass is 16.5. The molecule has 0 heterocycles. The van der Waals surface area contributed by atoms with Crippen molar-refractivity contribution in [2.75, 3.05) is 0 Å². The fourth-order valence-electron chi connectivity index (χ4n) is 7.06. The van der Waals surface area contributed by atoms with Crippen molar-refractivity contribution < 1.29 is 19.1 Å². The molecular formula is C53H40O4. The van der Waals surface area contributed by atoms with Crippen LogP contribution in [0.2, 0.25) is 0 Å². The third-order valence-electron chi connectivity index (χ3n) is 10.3. The molecule has 0 bridgehead atoms. The Morgan fingerprint density at radius 3 is 0.860 bits per heavy atom. The fraction of sp³-hybridized carbons (Fsp3) is 0.0566. The number of carbonyl (C=O) groups excluding carboxylic acids is 2. The zero-order valence-corrected chi connectivity index (χ0v) is 31.8. The molecule has 0 amide bonds. The van der Waals surface area contributed by atoms with Crippen LogP contribution >= 0.6 is 0 Å². The first-order valence-corrected chi connectivity index (χ1v) is 19.0. The summed E-state index contributed by atoms with van der Waals surface area (Å²) in [5, 5.41) is 0. The van der Waals surface area contributed by atoms with Crippen LogP contribution in [0.5, 0.6) is 11.5 Å². The Bertz CT molecular complexity index is 2330. The number of carbonyl (C=O) groups is 2. The molecule has 0 atom stereocenters. The van der Waals surface area contributed by atoms with Gasteiger partial charge in [0, 0.05) is 5.41 Å². The van der Waals surface area contributed by atoms with Gasteiger partial charge in [0.1, 0.15) is 11.5 Å². The van der Waals surface area contributed by atoms with Crippen LogP contribution in [0.3, 0.4) is 0 Å². The van der Waals surface area contributed by atoms with Crippen LogP contribution in [-0.2, 0) is 5.41 Å². The lowest BCUT2D eigenvalue weighted by Gasteiger charge is -2.26. The Labute approximate surface area is 333 Å². The molecule has 0 saturated carbocycles. The minimum atomic E-state index is -0.426. The highest BCUT2D eigenvalue weighted by Crippen LogP contribution is 2.35. The maximum Gasteiger partial charge on any atom is 0.343 e. The summed E-state index contributed by atoms with van der Waals surface area (Å²) in [7, 11) is 0. The second-order valence-electron chi connectivity index (χ2n) is 14.5. The average molecular weight is 741 g/mol. The Morgan fingerprint density at radius 1 is 0.333 bits per heavy atom. The molecule has 8 rings (SSSR count). The number of hydrogen-bond donors (Lipinski definition) is 0. The lowest BCUT2D eigenvalue weighted by atomic mass is 9.78. The minimum Gasteiger partial charge on any atom is -0.423 e. The normalized spacial score (nSPS) is 11.1. The summed E-state index contributed by atoms with van der Waals surface area (Å²) < 4.78 is 11.8. The van der Waals surface area contributed by atoms with Gasteiger partial charge in [-0.15, -0.1) is 0 Å². The van der Waals surface area contributed by atoms with E-state index in [2.05, 4.69) is 26.0 Å². The minimum absolute atomic E-state index is 0.395. The van der Waals surface area contributed by atoms with Crippen molar-refractivity contribution in [2.24, 2.45) is 0 Å². The lowest BCUT2D eigenvalue weighted by molar-refractivity contribution is 0.0725. The summed E-state index contributed by atoms with van der Waals surface area (Å²) in [6.45, 7) is 4.27. The SMILES string of the molecule is CC(C)(c1ccc(OC(=O)c2cc(-c3ccccc3)cc(-c3ccccc3)c2)cc1)c1ccc(OC(=O)c2cc(-c3ccccc3)cc(-c3ccccc3)c2)cc1. The molecule has 8 aromatic carbocycles. The van der Waals surface area contributed by atoms with Gasteiger partial charge in [0.05, 0.1) is 11.1 Å². The molecule has 57 heavy (non-hydrogen) atoms. The first-order chi connectivity index (χ1) is 27.8. The Morgan fingerprint density at radius 2 is 0.596 bits per heavy atom. The molecule has 8 aromatic rings. The molecule has 4 heteroatoms. The van der Waals surface area contributed by atoms with Gasteiger partial charge in [0.25, 0.3) is 0 Å². The largest absolute Gasteiger partial charge is 0.423 e. The van der Waals surface area contributed by atoms with Crippen molar-refractivity contribution in [3.05, 3.63) is 229 Å². The van der Waals surface area contributed by atoms with Gasteiger partial charge < -0.3 is 9.47 Å². The Hall–Kier alpha value is -7.30. The number of rotatable bonds is 10. The van der Waals surface area contributed by atoms with E-state index in [0.717, 1.165) is 55.6 Å². The summed E-state index contributed by atoms with van der Waals surface area (Å²) in [5.41, 5.74) is 10.5. The predicted octanol–water partition coefficient (Wildman–Crippen LogP) is 13.1. The van der Waals surface area contributed by atoms with Crippen LogP contribution in [0.15, 0.2) is 206 Å². The van der Waals surface area contributed by atoms with Gasteiger partial charge in [-0.2, -0.15) is 0 Å². The molecule has 0 radical (unpaired) electrons. The first-order valence-electron chi connectivity index (χ1n) is 19.0. The van der Waals surface area contributed by atoms with E-state index in [4.69, 9.17) is 9.47 Å². The maximum atomic E-state index is 13.6. The van der Waals surface area contributed by atoms with Gasteiger partial charge in [-0.3, -0.25) is 0 Å². The summed E-state index contributed by atoms with van der Waals surface area (Å²) >= 11 is 0. The number of esters is 2. The van der Waals surface area contributed by atoms with Crippen LogP contribution < -0.4 is 9.47 Å². The molecule has 0 aromatic heterocycles. The summed E-state index contributed by atoms with van der Waals surface area (Å²) in [5.74, 6) is 0.0651. The van der Waals surface area contributed by atoms with Gasteiger partial charge in [-0.25, -0.2) is 9.59 Å². The first kappa shape index (κ1) is 36.7. The molecule has 0 aliphatic rings. The standard InChI is InChI=1S/C53H40O4/c1-53(2,47-23-27-49(28-24-47)56-51(54)45-33-41(37-15-7-3-8-16-37)31-42(34-45)38-17-9-4-10-18-38)48-25-29-50(30-26-48)57-52(55)46-35-43(39-19-11-5-12-20-39)32-44(36-46)40-21-13-6-14-22-40/h3-36H,1-2H3. The third kappa shape index (κ3) is 8.36. The molecule has 0 unspecified atom stereocenters. The zero-order chi connectivity index (χ0) is 39.2. The van der Waals surface area contributed by atoms with Crippen LogP contribution in [0.25, 0.3) is 44.5 Å². The molecule has 0 aliphatic heterocycles. The Kier molecular flexibility index (Phi) is 10.4. The van der Waals surface area contributed by atoms with Crippen LogP contribution in [0.4, 0.5) is 0 Å². The Balaban J connectivity index is 0.975. The van der Waals surface area contributed by atoms with Crippen molar-refractivity contribution >= 4 is 11.9 Å². The molecule has 0 N–H and O–H groups in total. The topological polar surface area (TPSA) is 52.6 Å². The quantitative estimate of drug-likeness (QED) is 0.103. The van der Waals surface area contributed by atoms with E-state index in [1.54, 1.807) is 0 Å². The second-order valence-corrected chi connectivity index (χ2v) is 14.5. The van der Waals surface area contributed by atoms with Gasteiger partial charge in [0.15, 0.2) is 0 Å². The van der Waals surface area contributed by atoms with Gasteiger partial charge in [0.2, 0.25) is 0 Å². The van der Waals surface area contributed by atoms with E-state index in [1.165, 1.54) is 0 Å². The van der Waals surface area contributed by atoms with Crippen LogP contribution in [0.1, 0.15) is 45.7 Å². The number of ether oxygens (including phenoxy) is 2. The van der Waals surface area contributed by atoms with E-state index in [9.17, 15) is 9.59 Å². The van der Waals surface area contributed by atoms with Crippen molar-refractivity contribution in [1.82, 2.24) is 0 Å². The second kappa shape index (κ2) is 16.2. The smallest absolute Gasteiger partial charge is 0.343 e. The number of hydrogen-bond acceptors (Lipinski definition) is 4. The van der Waals surface area contributed by atoms with Crippen LogP contribution in [0, 0.1) is 0 Å². The van der Waals surface area contributed by atoms with Gasteiger partial charge >= 0.3 is 11.9 Å². The maximum absolute atomic E-state index is 13.6. The van der Waals surface area contributed by atoms with E-state index < -0.39 is 17.4 Å². The summed E-state index contributed by atoms with van der Waals surface area (Å²) in [6, 6.07) is 67.1. The van der Waals surface area contributed by atoms with Gasteiger partial charge in [-0.05, 0) is 116 Å². The summed E-state index contributed by atoms with van der Waals surface area (Å²) in [4.78, 5) is 27.2. The number of benzene rings is 8. The van der Waals surface area contributed by atoms with Gasteiger partial charge in [-0.1, -0.05) is 159 Å². The highest BCUT2D eigenvalue weighted by molar-refractivity contribution is 5.96. The van der Waals surface area contributed by atoms with E-state index in [-0.39, 0.29) is 0 Å².